The smallest absolute Gasteiger partial charge is 0.283 e. The Kier molecular flexibility index (Phi) is 6.46. The van der Waals surface area contributed by atoms with Gasteiger partial charge in [-0.2, -0.15) is 5.10 Å². The number of nitrogens with zero attached hydrogens (tertiary/aromatic N) is 2. The lowest BCUT2D eigenvalue weighted by atomic mass is 9.92. The average Bonchev–Trinajstić information content (AvgIpc) is 3.15. The first-order chi connectivity index (χ1) is 14.9. The number of hydrogen-bond acceptors (Lipinski definition) is 5. The molecule has 7 nitrogen and oxygen atoms in total. The van der Waals surface area contributed by atoms with Gasteiger partial charge in [0.25, 0.3) is 15.9 Å². The Bertz CT molecular complexity index is 1230. The Labute approximate surface area is 189 Å². The normalized spacial score (nSPS) is 11.9. The van der Waals surface area contributed by atoms with Crippen molar-refractivity contribution in [3.05, 3.63) is 76.6 Å². The predicted molar refractivity (Wildman–Crippen MR) is 124 cm³/mol. The molecule has 3 rings (SSSR count). The number of nitrogens with one attached hydrogen (secondary N) is 1. The van der Waals surface area contributed by atoms with Gasteiger partial charge in [0.1, 0.15) is 16.3 Å². The van der Waals surface area contributed by atoms with E-state index in [4.69, 9.17) is 4.74 Å². The van der Waals surface area contributed by atoms with E-state index >= 15 is 0 Å². The monoisotopic (exact) mass is 455 g/mol. The molecule has 1 amide bonds. The highest BCUT2D eigenvalue weighted by Crippen LogP contribution is 2.25. The van der Waals surface area contributed by atoms with Crippen LogP contribution < -0.4 is 9.46 Å². The van der Waals surface area contributed by atoms with Gasteiger partial charge in [0, 0.05) is 5.41 Å². The van der Waals surface area contributed by atoms with E-state index < -0.39 is 15.9 Å². The van der Waals surface area contributed by atoms with Crippen molar-refractivity contribution in [3.63, 3.8) is 0 Å². The molecule has 0 spiro atoms. The van der Waals surface area contributed by atoms with Crippen LogP contribution in [0.3, 0.4) is 0 Å². The molecule has 0 aliphatic carbocycles. The van der Waals surface area contributed by atoms with Crippen LogP contribution in [-0.4, -0.2) is 31.2 Å². The van der Waals surface area contributed by atoms with Gasteiger partial charge < -0.3 is 4.74 Å². The van der Waals surface area contributed by atoms with Crippen molar-refractivity contribution in [2.75, 3.05) is 7.11 Å². The Morgan fingerprint density at radius 3 is 2.28 bits per heavy atom. The minimum absolute atomic E-state index is 0.104. The molecule has 0 saturated heterocycles. The number of ether oxygens (including phenoxy) is 1. The summed E-state index contributed by atoms with van der Waals surface area (Å²) in [5, 5.41) is 4.65. The second-order valence-corrected chi connectivity index (χ2v) is 10.4. The topological polar surface area (TPSA) is 90.3 Å². The van der Waals surface area contributed by atoms with Gasteiger partial charge in [-0.25, -0.2) is 13.1 Å². The third-order valence-corrected chi connectivity index (χ3v) is 6.69. The summed E-state index contributed by atoms with van der Waals surface area (Å²) in [6.45, 7) is 10.3. The van der Waals surface area contributed by atoms with Crippen LogP contribution in [0.2, 0.25) is 0 Å². The fourth-order valence-corrected chi connectivity index (χ4v) is 4.54. The maximum absolute atomic E-state index is 13.2. The largest absolute Gasteiger partial charge is 0.495 e. The highest BCUT2D eigenvalue weighted by atomic mass is 32.2. The summed E-state index contributed by atoms with van der Waals surface area (Å²) in [7, 11) is -2.77. The Morgan fingerprint density at radius 2 is 1.69 bits per heavy atom. The molecule has 3 aromatic rings. The van der Waals surface area contributed by atoms with Crippen LogP contribution in [0.1, 0.15) is 53.6 Å². The number of sulfonamides is 1. The highest BCUT2D eigenvalue weighted by Gasteiger charge is 2.27. The quantitative estimate of drug-likeness (QED) is 0.607. The summed E-state index contributed by atoms with van der Waals surface area (Å²) >= 11 is 0. The number of carbonyl (C=O) groups excluding carboxylic acids is 1. The van der Waals surface area contributed by atoms with Crippen molar-refractivity contribution >= 4 is 15.9 Å². The molecule has 0 unspecified atom stereocenters. The molecule has 0 aliphatic rings. The van der Waals surface area contributed by atoms with Gasteiger partial charge in [-0.1, -0.05) is 51.1 Å². The molecule has 0 saturated carbocycles. The molecule has 0 radical (unpaired) electrons. The van der Waals surface area contributed by atoms with Crippen LogP contribution in [-0.2, 0) is 22.0 Å². The van der Waals surface area contributed by atoms with Gasteiger partial charge in [-0.3, -0.25) is 9.48 Å². The molecule has 32 heavy (non-hydrogen) atoms. The molecule has 1 N–H and O–H groups in total. The number of aromatic nitrogens is 2. The van der Waals surface area contributed by atoms with E-state index in [9.17, 15) is 13.2 Å². The number of para-hydroxylation sites is 1. The minimum atomic E-state index is -4.15. The van der Waals surface area contributed by atoms with Crippen molar-refractivity contribution in [1.29, 1.82) is 0 Å². The first-order valence-electron chi connectivity index (χ1n) is 10.3. The van der Waals surface area contributed by atoms with Crippen LogP contribution >= 0.6 is 0 Å². The zero-order chi connectivity index (χ0) is 23.7. The summed E-state index contributed by atoms with van der Waals surface area (Å²) in [6, 6.07) is 13.8. The molecule has 1 aromatic heterocycles. The van der Waals surface area contributed by atoms with E-state index in [1.807, 2.05) is 52.8 Å². The number of amides is 1. The number of aryl methyl sites for hydroxylation is 2. The fraction of sp³-hybridized carbons (Fsp3) is 0.333. The van der Waals surface area contributed by atoms with Crippen molar-refractivity contribution < 1.29 is 17.9 Å². The van der Waals surface area contributed by atoms with E-state index in [2.05, 4.69) is 9.82 Å². The van der Waals surface area contributed by atoms with Gasteiger partial charge in [0.05, 0.1) is 19.3 Å². The molecule has 2 aromatic carbocycles. The summed E-state index contributed by atoms with van der Waals surface area (Å²) < 4.78 is 34.8. The first kappa shape index (κ1) is 23.5. The number of methoxy groups -OCH3 is 1. The number of hydrogen-bond donors (Lipinski definition) is 1. The second-order valence-electron chi connectivity index (χ2n) is 8.78. The van der Waals surface area contributed by atoms with Crippen LogP contribution in [0.25, 0.3) is 0 Å². The van der Waals surface area contributed by atoms with Gasteiger partial charge in [0.15, 0.2) is 0 Å². The summed E-state index contributed by atoms with van der Waals surface area (Å²) in [5.41, 5.74) is 3.75. The Hall–Kier alpha value is -3.13. The molecule has 0 atom stereocenters. The van der Waals surface area contributed by atoms with E-state index in [1.54, 1.807) is 22.9 Å². The molecule has 8 heteroatoms. The van der Waals surface area contributed by atoms with Crippen LogP contribution in [0, 0.1) is 13.8 Å². The van der Waals surface area contributed by atoms with Crippen molar-refractivity contribution in [2.45, 2.75) is 51.5 Å². The fourth-order valence-electron chi connectivity index (χ4n) is 3.40. The van der Waals surface area contributed by atoms with E-state index in [1.165, 1.54) is 19.2 Å². The lowest BCUT2D eigenvalue weighted by molar-refractivity contribution is 0.0971. The third-order valence-electron chi connectivity index (χ3n) is 5.32. The van der Waals surface area contributed by atoms with Crippen LogP contribution in [0.5, 0.6) is 5.75 Å². The van der Waals surface area contributed by atoms with Gasteiger partial charge in [-0.05, 0) is 48.7 Å². The zero-order valence-electron chi connectivity index (χ0n) is 19.3. The SMILES string of the molecule is COc1ccccc1S(=O)(=O)NC(=O)c1cc(C(C)(C)C)nn1Cc1c(C)cccc1C. The lowest BCUT2D eigenvalue weighted by Gasteiger charge is -2.15. The first-order valence-corrected chi connectivity index (χ1v) is 11.8. The molecule has 170 valence electrons. The molecule has 0 fully saturated rings. The summed E-state index contributed by atoms with van der Waals surface area (Å²) in [4.78, 5) is 13.1. The molecule has 0 aliphatic heterocycles. The molecular formula is C24H29N3O4S. The zero-order valence-corrected chi connectivity index (χ0v) is 20.1. The number of carbonyl (C=O) groups is 1. The van der Waals surface area contributed by atoms with E-state index in [-0.39, 0.29) is 21.8 Å². The molecular weight excluding hydrogens is 426 g/mol. The highest BCUT2D eigenvalue weighted by molar-refractivity contribution is 7.90. The summed E-state index contributed by atoms with van der Waals surface area (Å²) in [5.74, 6) is -0.586. The van der Waals surface area contributed by atoms with Crippen molar-refractivity contribution in [1.82, 2.24) is 14.5 Å². The van der Waals surface area contributed by atoms with Crippen LogP contribution in [0.15, 0.2) is 53.4 Å². The molecule has 1 heterocycles. The van der Waals surface area contributed by atoms with Gasteiger partial charge in [-0.15, -0.1) is 0 Å². The van der Waals surface area contributed by atoms with Crippen LogP contribution in [0.4, 0.5) is 0 Å². The maximum Gasteiger partial charge on any atom is 0.283 e. The number of benzene rings is 2. The maximum atomic E-state index is 13.2. The van der Waals surface area contributed by atoms with Crippen molar-refractivity contribution in [2.24, 2.45) is 0 Å². The lowest BCUT2D eigenvalue weighted by Crippen LogP contribution is -2.32. The predicted octanol–water partition coefficient (Wildman–Crippen LogP) is 3.97. The molecule has 0 bridgehead atoms. The van der Waals surface area contributed by atoms with Crippen molar-refractivity contribution in [3.8, 4) is 5.75 Å². The van der Waals surface area contributed by atoms with E-state index in [0.717, 1.165) is 16.7 Å². The Balaban J connectivity index is 2.02. The second kappa shape index (κ2) is 8.78. The Morgan fingerprint density at radius 1 is 1.06 bits per heavy atom. The average molecular weight is 456 g/mol. The minimum Gasteiger partial charge on any atom is -0.495 e. The van der Waals surface area contributed by atoms with Gasteiger partial charge in [0.2, 0.25) is 0 Å². The number of rotatable bonds is 6. The third kappa shape index (κ3) is 4.85. The standard InChI is InChI=1S/C24H29N3O4S/c1-16-10-9-11-17(2)18(16)15-27-19(14-22(25-27)24(3,4)5)23(28)26-32(29,30)21-13-8-7-12-20(21)31-6/h7-14H,15H2,1-6H3,(H,26,28). The van der Waals surface area contributed by atoms with Gasteiger partial charge >= 0.3 is 0 Å². The van der Waals surface area contributed by atoms with E-state index in [0.29, 0.717) is 12.2 Å². The summed E-state index contributed by atoms with van der Waals surface area (Å²) in [6.07, 6.45) is 0.